The number of rotatable bonds is 7. The van der Waals surface area contributed by atoms with E-state index in [9.17, 15) is 4.79 Å². The minimum Gasteiger partial charge on any atom is -0.493 e. The van der Waals surface area contributed by atoms with Crippen molar-refractivity contribution in [1.82, 2.24) is 4.90 Å². The van der Waals surface area contributed by atoms with Crippen LogP contribution in [0.4, 0.5) is 5.69 Å². The molecule has 7 heteroatoms. The minimum absolute atomic E-state index is 0.0236. The van der Waals surface area contributed by atoms with E-state index in [-0.39, 0.29) is 11.8 Å². The number of carbonyl (C=O) groups is 1. The summed E-state index contributed by atoms with van der Waals surface area (Å²) in [5.74, 6) is 1.46. The molecule has 1 aliphatic rings. The van der Waals surface area contributed by atoms with E-state index < -0.39 is 0 Å². The van der Waals surface area contributed by atoms with Crippen LogP contribution in [0.3, 0.4) is 0 Å². The Morgan fingerprint density at radius 1 is 0.966 bits per heavy atom. The lowest BCUT2D eigenvalue weighted by atomic mass is 10.0. The van der Waals surface area contributed by atoms with Crippen LogP contribution in [0.25, 0.3) is 0 Å². The zero-order chi connectivity index (χ0) is 21.0. The van der Waals surface area contributed by atoms with Crippen molar-refractivity contribution in [2.75, 3.05) is 52.4 Å². The molecule has 1 unspecified atom stereocenters. The number of methoxy groups -OCH3 is 3. The van der Waals surface area contributed by atoms with Crippen LogP contribution in [0.5, 0.6) is 17.2 Å². The van der Waals surface area contributed by atoms with E-state index in [0.717, 1.165) is 36.9 Å². The van der Waals surface area contributed by atoms with Crippen molar-refractivity contribution in [1.29, 1.82) is 0 Å². The Balaban J connectivity index is 1.72. The molecule has 29 heavy (non-hydrogen) atoms. The van der Waals surface area contributed by atoms with Gasteiger partial charge < -0.3 is 19.1 Å². The van der Waals surface area contributed by atoms with Gasteiger partial charge in [-0.15, -0.1) is 0 Å². The van der Waals surface area contributed by atoms with E-state index in [4.69, 9.17) is 25.8 Å². The molecule has 0 aliphatic carbocycles. The molecule has 6 nitrogen and oxygen atoms in total. The van der Waals surface area contributed by atoms with Gasteiger partial charge in [0.05, 0.1) is 38.1 Å². The summed E-state index contributed by atoms with van der Waals surface area (Å²) < 4.78 is 16.1. The predicted octanol–water partition coefficient (Wildman–Crippen LogP) is 3.76. The van der Waals surface area contributed by atoms with Crippen molar-refractivity contribution in [2.45, 2.75) is 13.0 Å². The number of para-hydroxylation sites is 1. The van der Waals surface area contributed by atoms with E-state index in [2.05, 4.69) is 9.80 Å². The van der Waals surface area contributed by atoms with Crippen molar-refractivity contribution >= 4 is 23.1 Å². The van der Waals surface area contributed by atoms with Gasteiger partial charge in [-0.3, -0.25) is 9.69 Å². The molecule has 156 valence electrons. The summed E-state index contributed by atoms with van der Waals surface area (Å²) in [7, 11) is 4.63. The van der Waals surface area contributed by atoms with Crippen LogP contribution in [0.2, 0.25) is 5.02 Å². The number of carbonyl (C=O) groups excluding carboxylic acids is 1. The number of anilines is 1. The SMILES string of the molecule is COc1cc(C(=O)C(C)N2CCN(c3ccccc3Cl)CC2)cc(OC)c1OC. The second-order valence-electron chi connectivity index (χ2n) is 6.93. The van der Waals surface area contributed by atoms with Gasteiger partial charge in [0.1, 0.15) is 0 Å². The number of piperazine rings is 1. The quantitative estimate of drug-likeness (QED) is 0.638. The maximum atomic E-state index is 13.2. The fourth-order valence-electron chi connectivity index (χ4n) is 3.69. The molecule has 0 N–H and O–H groups in total. The lowest BCUT2D eigenvalue weighted by Gasteiger charge is -2.39. The van der Waals surface area contributed by atoms with Crippen LogP contribution < -0.4 is 19.1 Å². The van der Waals surface area contributed by atoms with Gasteiger partial charge in [0, 0.05) is 31.7 Å². The molecule has 1 fully saturated rings. The van der Waals surface area contributed by atoms with Gasteiger partial charge in [0.2, 0.25) is 5.75 Å². The molecule has 3 rings (SSSR count). The summed E-state index contributed by atoms with van der Waals surface area (Å²) in [6, 6.07) is 11.0. The smallest absolute Gasteiger partial charge is 0.203 e. The predicted molar refractivity (Wildman–Crippen MR) is 115 cm³/mol. The molecule has 0 amide bonds. The maximum absolute atomic E-state index is 13.2. The fourth-order valence-corrected chi connectivity index (χ4v) is 3.94. The van der Waals surface area contributed by atoms with Crippen LogP contribution in [-0.2, 0) is 0 Å². The number of nitrogens with zero attached hydrogens (tertiary/aromatic N) is 2. The van der Waals surface area contributed by atoms with E-state index in [1.165, 1.54) is 0 Å². The van der Waals surface area contributed by atoms with Crippen molar-refractivity contribution in [3.8, 4) is 17.2 Å². The standard InChI is InChI=1S/C22H27ClN2O4/c1-15(21(26)16-13-19(27-2)22(29-4)20(14-16)28-3)24-9-11-25(12-10-24)18-8-6-5-7-17(18)23/h5-8,13-15H,9-12H2,1-4H3. The van der Waals surface area contributed by atoms with Gasteiger partial charge >= 0.3 is 0 Å². The second-order valence-corrected chi connectivity index (χ2v) is 7.34. The highest BCUT2D eigenvalue weighted by atomic mass is 35.5. The van der Waals surface area contributed by atoms with Crippen LogP contribution in [0, 0.1) is 0 Å². The summed E-state index contributed by atoms with van der Waals surface area (Å²) >= 11 is 6.33. The van der Waals surface area contributed by atoms with Crippen molar-refractivity contribution in [3.63, 3.8) is 0 Å². The summed E-state index contributed by atoms with van der Waals surface area (Å²) in [6.45, 7) is 5.13. The Morgan fingerprint density at radius 3 is 2.07 bits per heavy atom. The third kappa shape index (κ3) is 4.43. The Morgan fingerprint density at radius 2 is 1.55 bits per heavy atom. The summed E-state index contributed by atoms with van der Waals surface area (Å²) in [6.07, 6.45) is 0. The highest BCUT2D eigenvalue weighted by Crippen LogP contribution is 2.38. The van der Waals surface area contributed by atoms with Crippen LogP contribution in [-0.4, -0.2) is 64.2 Å². The molecule has 0 saturated carbocycles. The molecule has 1 saturated heterocycles. The molecule has 0 aromatic heterocycles. The Kier molecular flexibility index (Phi) is 6.87. The molecule has 2 aromatic carbocycles. The van der Waals surface area contributed by atoms with Crippen LogP contribution >= 0.6 is 11.6 Å². The largest absolute Gasteiger partial charge is 0.493 e. The van der Waals surface area contributed by atoms with Gasteiger partial charge in [0.25, 0.3) is 0 Å². The zero-order valence-corrected chi connectivity index (χ0v) is 18.0. The van der Waals surface area contributed by atoms with Crippen molar-refractivity contribution in [2.24, 2.45) is 0 Å². The Hall–Kier alpha value is -2.44. The Labute approximate surface area is 176 Å². The second kappa shape index (κ2) is 9.37. The normalized spacial score (nSPS) is 15.7. The van der Waals surface area contributed by atoms with Gasteiger partial charge in [-0.05, 0) is 31.2 Å². The molecule has 1 heterocycles. The third-order valence-electron chi connectivity index (χ3n) is 5.38. The molecular formula is C22H27ClN2O4. The lowest BCUT2D eigenvalue weighted by molar-refractivity contribution is 0.0829. The van der Waals surface area contributed by atoms with Gasteiger partial charge in [-0.1, -0.05) is 23.7 Å². The number of benzene rings is 2. The number of Topliss-reactive ketones (excluding diaryl/α,β-unsaturated/α-hetero) is 1. The lowest BCUT2D eigenvalue weighted by Crippen LogP contribution is -2.51. The van der Waals surface area contributed by atoms with Crippen molar-refractivity contribution < 1.29 is 19.0 Å². The first-order valence-corrected chi connectivity index (χ1v) is 9.95. The summed E-state index contributed by atoms with van der Waals surface area (Å²) in [5, 5.41) is 0.752. The topological polar surface area (TPSA) is 51.2 Å². The third-order valence-corrected chi connectivity index (χ3v) is 5.70. The number of hydrogen-bond donors (Lipinski definition) is 0. The van der Waals surface area contributed by atoms with E-state index >= 15 is 0 Å². The first-order chi connectivity index (χ1) is 14.0. The van der Waals surface area contributed by atoms with E-state index in [1.807, 2.05) is 31.2 Å². The van der Waals surface area contributed by atoms with Gasteiger partial charge in [-0.2, -0.15) is 0 Å². The van der Waals surface area contributed by atoms with Crippen LogP contribution in [0.1, 0.15) is 17.3 Å². The minimum atomic E-state index is -0.258. The van der Waals surface area contributed by atoms with Crippen molar-refractivity contribution in [3.05, 3.63) is 47.0 Å². The van der Waals surface area contributed by atoms with Crippen LogP contribution in [0.15, 0.2) is 36.4 Å². The molecule has 1 aliphatic heterocycles. The van der Waals surface area contributed by atoms with E-state index in [1.54, 1.807) is 33.5 Å². The molecule has 1 atom stereocenters. The highest BCUT2D eigenvalue weighted by molar-refractivity contribution is 6.33. The number of halogens is 1. The summed E-state index contributed by atoms with van der Waals surface area (Å²) in [5.41, 5.74) is 1.58. The molecular weight excluding hydrogens is 392 g/mol. The average Bonchev–Trinajstić information content (AvgIpc) is 2.77. The summed E-state index contributed by atoms with van der Waals surface area (Å²) in [4.78, 5) is 17.6. The van der Waals surface area contributed by atoms with Gasteiger partial charge in [0.15, 0.2) is 17.3 Å². The molecule has 2 aromatic rings. The number of ether oxygens (including phenoxy) is 3. The monoisotopic (exact) mass is 418 g/mol. The highest BCUT2D eigenvalue weighted by Gasteiger charge is 2.28. The average molecular weight is 419 g/mol. The molecule has 0 radical (unpaired) electrons. The first-order valence-electron chi connectivity index (χ1n) is 9.58. The maximum Gasteiger partial charge on any atom is 0.203 e. The first kappa shape index (κ1) is 21.3. The fraction of sp³-hybridized carbons (Fsp3) is 0.409. The number of ketones is 1. The molecule has 0 spiro atoms. The molecule has 0 bridgehead atoms. The Bertz CT molecular complexity index is 841. The van der Waals surface area contributed by atoms with E-state index in [0.29, 0.717) is 22.8 Å². The number of hydrogen-bond acceptors (Lipinski definition) is 6. The zero-order valence-electron chi connectivity index (χ0n) is 17.3. The van der Waals surface area contributed by atoms with Gasteiger partial charge in [-0.25, -0.2) is 0 Å².